The van der Waals surface area contributed by atoms with Gasteiger partial charge in [-0.2, -0.15) is 13.2 Å². The number of hydrogen-bond acceptors (Lipinski definition) is 5. The number of carbonyl (C=O) groups is 2. The number of benzene rings is 1. The number of esters is 1. The molecule has 2 aromatic rings. The highest BCUT2D eigenvalue weighted by Crippen LogP contribution is 2.32. The summed E-state index contributed by atoms with van der Waals surface area (Å²) in [4.78, 5) is 29.4. The van der Waals surface area contributed by atoms with Gasteiger partial charge in [-0.25, -0.2) is 22.9 Å². The summed E-state index contributed by atoms with van der Waals surface area (Å²) < 4.78 is 85.9. The van der Waals surface area contributed by atoms with Crippen molar-refractivity contribution in [3.63, 3.8) is 0 Å². The number of ether oxygens (including phenoxy) is 1. The van der Waals surface area contributed by atoms with E-state index >= 15 is 0 Å². The van der Waals surface area contributed by atoms with Crippen LogP contribution in [0.5, 0.6) is 0 Å². The maximum Gasteiger partial charge on any atom is 0.449 e. The second kappa shape index (κ2) is 9.41. The number of carbonyl (C=O) groups excluding carboxylic acids is 2. The molecule has 0 fully saturated rings. The molecule has 13 heteroatoms. The van der Waals surface area contributed by atoms with Crippen LogP contribution in [0.1, 0.15) is 34.0 Å². The highest BCUT2D eigenvalue weighted by molar-refractivity contribution is 5.89. The molecule has 0 aliphatic carbocycles. The highest BCUT2D eigenvalue weighted by Gasteiger charge is 2.42. The molecule has 2 heterocycles. The predicted molar refractivity (Wildman–Crippen MR) is 101 cm³/mol. The second-order valence-electron chi connectivity index (χ2n) is 7.44. The normalized spacial score (nSPS) is 14.7. The zero-order valence-corrected chi connectivity index (χ0v) is 17.6. The lowest BCUT2D eigenvalue weighted by molar-refractivity contribution is -0.148. The van der Waals surface area contributed by atoms with Crippen LogP contribution in [0.25, 0.3) is 0 Å². The molecule has 0 spiro atoms. The number of imidazole rings is 1. The van der Waals surface area contributed by atoms with E-state index in [9.17, 15) is 35.9 Å². The third-order valence-electron chi connectivity index (χ3n) is 5.38. The summed E-state index contributed by atoms with van der Waals surface area (Å²) in [6, 6.07) is 0.451. The summed E-state index contributed by atoms with van der Waals surface area (Å²) >= 11 is 0. The van der Waals surface area contributed by atoms with E-state index < -0.39 is 53.1 Å². The molecule has 1 aliphatic rings. The number of likely N-dealkylation sites (N-methyl/N-ethyl adjacent to an activating group) is 1. The summed E-state index contributed by atoms with van der Waals surface area (Å²) in [6.45, 7) is -0.647. The van der Waals surface area contributed by atoms with Crippen LogP contribution in [0.15, 0.2) is 12.1 Å². The van der Waals surface area contributed by atoms with Crippen molar-refractivity contribution < 1.29 is 40.7 Å². The largest absolute Gasteiger partial charge is 0.464 e. The molecule has 1 aliphatic heterocycles. The fourth-order valence-electron chi connectivity index (χ4n) is 3.66. The molecule has 1 N–H and O–H groups in total. The number of methoxy groups -OCH3 is 1. The van der Waals surface area contributed by atoms with Crippen molar-refractivity contribution >= 4 is 11.9 Å². The average Bonchev–Trinajstić information content (AvgIpc) is 3.15. The number of aromatic nitrogens is 2. The Morgan fingerprint density at radius 2 is 1.82 bits per heavy atom. The van der Waals surface area contributed by atoms with E-state index in [0.29, 0.717) is 12.1 Å². The number of alkyl halides is 3. The zero-order valence-electron chi connectivity index (χ0n) is 17.6. The Kier molecular flexibility index (Phi) is 7.00. The summed E-state index contributed by atoms with van der Waals surface area (Å²) in [5.41, 5.74) is -0.779. The standard InChI is InChI=1S/C20H20F6N4O3/c1-27-11(5-10-6-13(22)14(23)8-12(10)21)7-16(31)29-3-4-30-15(9-29)17(18(32)33-2)28-19(30)20(24,25)26/h6,8,11,27H,3-5,7,9H2,1-2H3/t11-/m1/s1. The predicted octanol–water partition coefficient (Wildman–Crippen LogP) is 2.67. The molecule has 0 unspecified atom stereocenters. The van der Waals surface area contributed by atoms with E-state index in [1.807, 2.05) is 0 Å². The van der Waals surface area contributed by atoms with Crippen molar-refractivity contribution in [2.24, 2.45) is 0 Å². The fraction of sp³-hybridized carbons (Fsp3) is 0.450. The van der Waals surface area contributed by atoms with Gasteiger partial charge in [-0.05, 0) is 25.1 Å². The first-order valence-electron chi connectivity index (χ1n) is 9.79. The smallest absolute Gasteiger partial charge is 0.449 e. The molecule has 0 saturated heterocycles. The van der Waals surface area contributed by atoms with Crippen LogP contribution in [0.4, 0.5) is 26.3 Å². The van der Waals surface area contributed by atoms with E-state index in [2.05, 4.69) is 15.0 Å². The van der Waals surface area contributed by atoms with Gasteiger partial charge in [0.1, 0.15) is 5.82 Å². The lowest BCUT2D eigenvalue weighted by Crippen LogP contribution is -2.42. The molecule has 3 rings (SSSR count). The van der Waals surface area contributed by atoms with E-state index in [-0.39, 0.29) is 43.7 Å². The van der Waals surface area contributed by atoms with E-state index in [4.69, 9.17) is 0 Å². The van der Waals surface area contributed by atoms with Gasteiger partial charge in [-0.3, -0.25) is 4.79 Å². The molecule has 180 valence electrons. The van der Waals surface area contributed by atoms with Crippen molar-refractivity contribution in [1.82, 2.24) is 19.8 Å². The molecule has 1 atom stereocenters. The number of nitrogens with one attached hydrogen (secondary N) is 1. The van der Waals surface area contributed by atoms with Gasteiger partial charge in [0, 0.05) is 31.6 Å². The molecular weight excluding hydrogens is 458 g/mol. The van der Waals surface area contributed by atoms with E-state index in [1.165, 1.54) is 11.9 Å². The van der Waals surface area contributed by atoms with Gasteiger partial charge in [0.05, 0.1) is 19.3 Å². The molecule has 1 aromatic heterocycles. The summed E-state index contributed by atoms with van der Waals surface area (Å²) in [6.07, 6.45) is -5.15. The Balaban J connectivity index is 1.78. The SMILES string of the molecule is CN[C@@H](CC(=O)N1CCn2c(C(F)(F)F)nc(C(=O)OC)c2C1)Cc1cc(F)c(F)cc1F. The Morgan fingerprint density at radius 1 is 1.15 bits per heavy atom. The van der Waals surface area contributed by atoms with Crippen LogP contribution < -0.4 is 5.32 Å². The van der Waals surface area contributed by atoms with Gasteiger partial charge in [-0.1, -0.05) is 0 Å². The Hall–Kier alpha value is -3.09. The van der Waals surface area contributed by atoms with Crippen molar-refractivity contribution in [1.29, 1.82) is 0 Å². The maximum atomic E-state index is 14.0. The van der Waals surface area contributed by atoms with Crippen molar-refractivity contribution in [2.45, 2.75) is 38.1 Å². The van der Waals surface area contributed by atoms with Crippen LogP contribution in [-0.2, 0) is 35.2 Å². The Bertz CT molecular complexity index is 1070. The quantitative estimate of drug-likeness (QED) is 0.393. The third-order valence-corrected chi connectivity index (χ3v) is 5.38. The first kappa shape index (κ1) is 24.6. The third kappa shape index (κ3) is 5.13. The molecule has 0 bridgehead atoms. The van der Waals surface area contributed by atoms with Gasteiger partial charge < -0.3 is 19.5 Å². The first-order chi connectivity index (χ1) is 15.5. The summed E-state index contributed by atoms with van der Waals surface area (Å²) in [5.74, 6) is -6.34. The molecule has 33 heavy (non-hydrogen) atoms. The van der Waals surface area contributed by atoms with Crippen LogP contribution in [0, 0.1) is 17.5 Å². The number of amides is 1. The average molecular weight is 478 g/mol. The number of halogens is 6. The van der Waals surface area contributed by atoms with E-state index in [0.717, 1.165) is 11.7 Å². The summed E-state index contributed by atoms with van der Waals surface area (Å²) in [5, 5.41) is 2.79. The zero-order chi connectivity index (χ0) is 24.5. The number of hydrogen-bond donors (Lipinski definition) is 1. The lowest BCUT2D eigenvalue weighted by Gasteiger charge is -2.30. The summed E-state index contributed by atoms with van der Waals surface area (Å²) in [7, 11) is 2.49. The van der Waals surface area contributed by atoms with E-state index in [1.54, 1.807) is 0 Å². The molecule has 1 aromatic carbocycles. The molecule has 7 nitrogen and oxygen atoms in total. The molecular formula is C20H20F6N4O3. The Labute approximate surface area is 184 Å². The molecule has 0 radical (unpaired) electrons. The topological polar surface area (TPSA) is 76.5 Å². The maximum absolute atomic E-state index is 14.0. The van der Waals surface area contributed by atoms with Crippen LogP contribution in [0.2, 0.25) is 0 Å². The highest BCUT2D eigenvalue weighted by atomic mass is 19.4. The molecule has 0 saturated carbocycles. The number of rotatable bonds is 6. The van der Waals surface area contributed by atoms with Crippen molar-refractivity contribution in [2.75, 3.05) is 20.7 Å². The number of nitrogens with zero attached hydrogens (tertiary/aromatic N) is 3. The Morgan fingerprint density at radius 3 is 2.42 bits per heavy atom. The van der Waals surface area contributed by atoms with Gasteiger partial charge >= 0.3 is 12.1 Å². The monoisotopic (exact) mass is 478 g/mol. The first-order valence-corrected chi connectivity index (χ1v) is 9.79. The van der Waals surface area contributed by atoms with Crippen LogP contribution >= 0.6 is 0 Å². The second-order valence-corrected chi connectivity index (χ2v) is 7.44. The fourth-order valence-corrected chi connectivity index (χ4v) is 3.66. The minimum Gasteiger partial charge on any atom is -0.464 e. The van der Waals surface area contributed by atoms with Gasteiger partial charge in [0.25, 0.3) is 0 Å². The van der Waals surface area contributed by atoms with Crippen LogP contribution in [0.3, 0.4) is 0 Å². The van der Waals surface area contributed by atoms with Gasteiger partial charge in [0.15, 0.2) is 17.3 Å². The minimum absolute atomic E-state index is 0.0815. The lowest BCUT2D eigenvalue weighted by atomic mass is 10.0. The number of fused-ring (bicyclic) bond motifs is 1. The minimum atomic E-state index is -4.81. The van der Waals surface area contributed by atoms with Crippen LogP contribution in [-0.4, -0.2) is 53.1 Å². The molecule has 1 amide bonds. The van der Waals surface area contributed by atoms with Crippen molar-refractivity contribution in [3.8, 4) is 0 Å². The van der Waals surface area contributed by atoms with Gasteiger partial charge in [-0.15, -0.1) is 0 Å². The van der Waals surface area contributed by atoms with Crippen molar-refractivity contribution in [3.05, 3.63) is 52.4 Å². The van der Waals surface area contributed by atoms with Gasteiger partial charge in [0.2, 0.25) is 11.7 Å².